The van der Waals surface area contributed by atoms with Gasteiger partial charge in [0, 0.05) is 33.7 Å². The van der Waals surface area contributed by atoms with Crippen molar-refractivity contribution in [1.82, 2.24) is 19.4 Å². The molecular weight excluding hydrogens is 621 g/mol. The molecule has 0 N–H and O–H groups in total. The summed E-state index contributed by atoms with van der Waals surface area (Å²) in [4.78, 5) is 15.9. The molecule has 0 aliphatic rings. The summed E-state index contributed by atoms with van der Waals surface area (Å²) in [6.45, 7) is 0. The second-order valence-corrected chi connectivity index (χ2v) is 13.2. The molecule has 0 fully saturated rings. The van der Waals surface area contributed by atoms with Crippen molar-refractivity contribution in [2.45, 2.75) is 0 Å². The van der Waals surface area contributed by atoms with Crippen LogP contribution in [0.5, 0.6) is 0 Å². The highest BCUT2D eigenvalue weighted by Gasteiger charge is 2.19. The van der Waals surface area contributed by atoms with Gasteiger partial charge >= 0.3 is 0 Å². The van der Waals surface area contributed by atoms with Crippen LogP contribution in [0, 0.1) is 0 Å². The molecule has 11 aromatic rings. The van der Waals surface area contributed by atoms with Gasteiger partial charge in [0.05, 0.1) is 22.4 Å². The van der Waals surface area contributed by atoms with Gasteiger partial charge < -0.3 is 0 Å². The summed E-state index contributed by atoms with van der Waals surface area (Å²) < 4.78 is 2.21. The maximum Gasteiger partial charge on any atom is 0.160 e. The number of hydrogen-bond donors (Lipinski definition) is 0. The summed E-state index contributed by atoms with van der Waals surface area (Å²) in [6.07, 6.45) is 2.11. The summed E-state index contributed by atoms with van der Waals surface area (Å²) in [5.41, 5.74) is 7.98. The topological polar surface area (TPSA) is 43.1 Å². The van der Waals surface area contributed by atoms with Gasteiger partial charge in [-0.15, -0.1) is 0 Å². The molecule has 0 radical (unpaired) electrons. The molecule has 8 aromatic carbocycles. The average molecular weight is 649 g/mol. The van der Waals surface area contributed by atoms with Crippen LogP contribution < -0.4 is 0 Å². The number of hydrogen-bond acceptors (Lipinski definition) is 3. The number of benzene rings is 8. The minimum Gasteiger partial charge on any atom is -0.299 e. The van der Waals surface area contributed by atoms with Crippen LogP contribution in [0.25, 0.3) is 104 Å². The first-order valence-electron chi connectivity index (χ1n) is 17.3. The maximum absolute atomic E-state index is 5.35. The fraction of sp³-hybridized carbons (Fsp3) is 0. The van der Waals surface area contributed by atoms with E-state index in [1.807, 2.05) is 6.07 Å². The molecule has 0 saturated heterocycles. The average Bonchev–Trinajstić information content (AvgIpc) is 3.60. The first-order chi connectivity index (χ1) is 25.3. The van der Waals surface area contributed by atoms with Crippen molar-refractivity contribution in [3.8, 4) is 33.9 Å². The predicted octanol–water partition coefficient (Wildman–Crippen LogP) is 12.0. The highest BCUT2D eigenvalue weighted by atomic mass is 15.0. The molecule has 0 aliphatic carbocycles. The summed E-state index contributed by atoms with van der Waals surface area (Å²) in [5.74, 6) is 0.692. The van der Waals surface area contributed by atoms with Crippen LogP contribution in [-0.2, 0) is 0 Å². The molecule has 3 aromatic heterocycles. The number of pyridine rings is 1. The van der Waals surface area contributed by atoms with Gasteiger partial charge in [-0.05, 0) is 67.4 Å². The number of imidazole rings is 1. The van der Waals surface area contributed by atoms with E-state index in [-0.39, 0.29) is 0 Å². The zero-order valence-corrected chi connectivity index (χ0v) is 27.5. The van der Waals surface area contributed by atoms with Crippen molar-refractivity contribution in [2.75, 3.05) is 0 Å². The van der Waals surface area contributed by atoms with E-state index in [1.54, 1.807) is 0 Å². The lowest BCUT2D eigenvalue weighted by atomic mass is 9.93. The summed E-state index contributed by atoms with van der Waals surface area (Å²) in [7, 11) is 0. The van der Waals surface area contributed by atoms with E-state index in [2.05, 4.69) is 168 Å². The lowest BCUT2D eigenvalue weighted by molar-refractivity contribution is 1.19. The first-order valence-corrected chi connectivity index (χ1v) is 17.3. The fourth-order valence-corrected chi connectivity index (χ4v) is 8.05. The van der Waals surface area contributed by atoms with Crippen molar-refractivity contribution < 1.29 is 0 Å². The first kappa shape index (κ1) is 28.0. The van der Waals surface area contributed by atoms with Crippen molar-refractivity contribution in [3.63, 3.8) is 0 Å². The Balaban J connectivity index is 1.25. The molecule has 3 heterocycles. The van der Waals surface area contributed by atoms with Crippen molar-refractivity contribution in [1.29, 1.82) is 0 Å². The SMILES string of the molecule is c1ccc2c(-c3cc(-c4cccc5ccccc45)nc(-c4ccc5c(c4)c4c6ccccc6ccc4c4nc6ccccn6c54)n3)cccc2c1. The van der Waals surface area contributed by atoms with Crippen LogP contribution in [0.3, 0.4) is 0 Å². The largest absolute Gasteiger partial charge is 0.299 e. The molecule has 11 rings (SSSR count). The van der Waals surface area contributed by atoms with E-state index in [1.165, 1.54) is 37.7 Å². The van der Waals surface area contributed by atoms with Crippen LogP contribution in [0.15, 0.2) is 170 Å². The van der Waals surface area contributed by atoms with E-state index in [0.29, 0.717) is 5.82 Å². The maximum atomic E-state index is 5.35. The van der Waals surface area contributed by atoms with Crippen LogP contribution in [0.1, 0.15) is 0 Å². The second kappa shape index (κ2) is 10.8. The molecule has 0 bridgehead atoms. The van der Waals surface area contributed by atoms with Gasteiger partial charge in [0.2, 0.25) is 0 Å². The van der Waals surface area contributed by atoms with Gasteiger partial charge in [-0.3, -0.25) is 4.40 Å². The zero-order chi connectivity index (χ0) is 33.5. The lowest BCUT2D eigenvalue weighted by Gasteiger charge is -2.14. The Labute approximate surface area is 292 Å². The monoisotopic (exact) mass is 648 g/mol. The minimum atomic E-state index is 0.692. The van der Waals surface area contributed by atoms with E-state index in [0.717, 1.165) is 60.9 Å². The number of aromatic nitrogens is 4. The van der Waals surface area contributed by atoms with Crippen LogP contribution in [0.4, 0.5) is 0 Å². The molecule has 0 atom stereocenters. The van der Waals surface area contributed by atoms with Gasteiger partial charge in [0.1, 0.15) is 5.65 Å². The van der Waals surface area contributed by atoms with Crippen molar-refractivity contribution in [3.05, 3.63) is 170 Å². The van der Waals surface area contributed by atoms with Crippen molar-refractivity contribution in [2.24, 2.45) is 0 Å². The van der Waals surface area contributed by atoms with E-state index >= 15 is 0 Å². The molecular formula is C47H28N4. The normalized spacial score (nSPS) is 11.9. The molecule has 0 aliphatic heterocycles. The van der Waals surface area contributed by atoms with Gasteiger partial charge in [-0.2, -0.15) is 0 Å². The Bertz CT molecular complexity index is 3100. The number of rotatable bonds is 3. The third-order valence-corrected chi connectivity index (χ3v) is 10.4. The van der Waals surface area contributed by atoms with Crippen LogP contribution >= 0.6 is 0 Å². The molecule has 0 saturated carbocycles. The van der Waals surface area contributed by atoms with Gasteiger partial charge in [-0.1, -0.05) is 140 Å². The third kappa shape index (κ3) is 4.23. The van der Waals surface area contributed by atoms with Crippen molar-refractivity contribution >= 4 is 70.5 Å². The summed E-state index contributed by atoms with van der Waals surface area (Å²) in [5, 5.41) is 11.7. The zero-order valence-electron chi connectivity index (χ0n) is 27.5. The molecule has 0 amide bonds. The second-order valence-electron chi connectivity index (χ2n) is 13.2. The molecule has 51 heavy (non-hydrogen) atoms. The van der Waals surface area contributed by atoms with Crippen LogP contribution in [0.2, 0.25) is 0 Å². The summed E-state index contributed by atoms with van der Waals surface area (Å²) >= 11 is 0. The smallest absolute Gasteiger partial charge is 0.160 e. The Morgan fingerprint density at radius 1 is 0.392 bits per heavy atom. The molecule has 4 nitrogen and oxygen atoms in total. The van der Waals surface area contributed by atoms with Crippen LogP contribution in [-0.4, -0.2) is 19.4 Å². The standard InChI is InChI=1S/C47H28N4/c1-4-16-33-29(11-1)14-9-19-36(33)41-28-42(37-20-10-15-30-12-2-5-17-34(30)37)49-47(48-41)32-23-24-38-40(27-32)44-35-18-6-3-13-31(35)22-25-39(44)45-46(38)51-26-8-7-21-43(51)50-45/h1-28H. The quantitative estimate of drug-likeness (QED) is 0.179. The van der Waals surface area contributed by atoms with Gasteiger partial charge in [0.15, 0.2) is 5.82 Å². The number of fused-ring (bicyclic) bond motifs is 12. The highest BCUT2D eigenvalue weighted by Crippen LogP contribution is 2.41. The highest BCUT2D eigenvalue weighted by molar-refractivity contribution is 6.30. The molecule has 0 spiro atoms. The predicted molar refractivity (Wildman–Crippen MR) is 212 cm³/mol. The fourth-order valence-electron chi connectivity index (χ4n) is 8.05. The lowest BCUT2D eigenvalue weighted by Crippen LogP contribution is -1.97. The number of nitrogens with zero attached hydrogens (tertiary/aromatic N) is 4. The Kier molecular flexibility index (Phi) is 5.92. The van der Waals surface area contributed by atoms with Gasteiger partial charge in [-0.25, -0.2) is 15.0 Å². The molecule has 4 heteroatoms. The Morgan fingerprint density at radius 3 is 1.69 bits per heavy atom. The molecule has 0 unspecified atom stereocenters. The molecule has 236 valence electrons. The Hall–Kier alpha value is -6.91. The Morgan fingerprint density at radius 2 is 0.980 bits per heavy atom. The third-order valence-electron chi connectivity index (χ3n) is 10.4. The van der Waals surface area contributed by atoms with E-state index in [9.17, 15) is 0 Å². The van der Waals surface area contributed by atoms with E-state index < -0.39 is 0 Å². The summed E-state index contributed by atoms with van der Waals surface area (Å²) in [6, 6.07) is 58.1. The minimum absolute atomic E-state index is 0.692. The van der Waals surface area contributed by atoms with Gasteiger partial charge in [0.25, 0.3) is 0 Å². The van der Waals surface area contributed by atoms with E-state index in [4.69, 9.17) is 15.0 Å².